The van der Waals surface area contributed by atoms with Crippen LogP contribution in [0.4, 0.5) is 0 Å². The normalized spacial score (nSPS) is 32.7. The Labute approximate surface area is 142 Å². The molecule has 2 aromatic rings. The zero-order valence-electron chi connectivity index (χ0n) is 14.2. The number of hydrogen-bond donors (Lipinski definition) is 3. The van der Waals surface area contributed by atoms with E-state index in [0.717, 1.165) is 25.2 Å². The van der Waals surface area contributed by atoms with Crippen LogP contribution in [0.3, 0.4) is 0 Å². The molecule has 0 bridgehead atoms. The highest BCUT2D eigenvalue weighted by molar-refractivity contribution is 5.31. The average molecular weight is 326 g/mol. The monoisotopic (exact) mass is 326 g/mol. The Balaban J connectivity index is 1.25. The van der Waals surface area contributed by atoms with Gasteiger partial charge in [-0.3, -0.25) is 5.10 Å². The van der Waals surface area contributed by atoms with E-state index >= 15 is 0 Å². The van der Waals surface area contributed by atoms with Crippen molar-refractivity contribution < 1.29 is 5.11 Å². The van der Waals surface area contributed by atoms with E-state index in [2.05, 4.69) is 51.7 Å². The fourth-order valence-corrected chi connectivity index (χ4v) is 4.36. The average Bonchev–Trinajstić information content (AvgIpc) is 3.17. The van der Waals surface area contributed by atoms with Crippen molar-refractivity contribution in [2.24, 2.45) is 5.92 Å². The SMILES string of the molecule is Cc1ccccc1C1CC(NC[C@@H]2C[C@@H](c3ncn[nH]3)C[C@@H]2O)C1. The van der Waals surface area contributed by atoms with Gasteiger partial charge in [0.25, 0.3) is 0 Å². The summed E-state index contributed by atoms with van der Waals surface area (Å²) in [7, 11) is 0. The number of aliphatic hydroxyl groups excluding tert-OH is 1. The summed E-state index contributed by atoms with van der Waals surface area (Å²) in [6.45, 7) is 3.10. The number of nitrogens with one attached hydrogen (secondary N) is 2. The van der Waals surface area contributed by atoms with Crippen molar-refractivity contribution in [3.8, 4) is 0 Å². The highest BCUT2D eigenvalue weighted by Gasteiger charge is 2.37. The van der Waals surface area contributed by atoms with Gasteiger partial charge < -0.3 is 10.4 Å². The number of aliphatic hydroxyl groups is 1. The van der Waals surface area contributed by atoms with Crippen molar-refractivity contribution in [3.05, 3.63) is 47.5 Å². The van der Waals surface area contributed by atoms with E-state index in [-0.39, 0.29) is 6.10 Å². The number of hydrogen-bond acceptors (Lipinski definition) is 4. The van der Waals surface area contributed by atoms with Gasteiger partial charge >= 0.3 is 0 Å². The molecule has 0 unspecified atom stereocenters. The van der Waals surface area contributed by atoms with Gasteiger partial charge in [-0.25, -0.2) is 4.98 Å². The molecule has 24 heavy (non-hydrogen) atoms. The Hall–Kier alpha value is -1.72. The van der Waals surface area contributed by atoms with E-state index in [1.165, 1.54) is 24.0 Å². The molecule has 2 saturated carbocycles. The molecule has 5 nitrogen and oxygen atoms in total. The summed E-state index contributed by atoms with van der Waals surface area (Å²) >= 11 is 0. The summed E-state index contributed by atoms with van der Waals surface area (Å²) in [6.07, 6.45) is 5.50. The second-order valence-corrected chi connectivity index (χ2v) is 7.50. The fourth-order valence-electron chi connectivity index (χ4n) is 4.36. The van der Waals surface area contributed by atoms with Crippen molar-refractivity contribution >= 4 is 0 Å². The molecule has 1 aromatic heterocycles. The van der Waals surface area contributed by atoms with Gasteiger partial charge in [-0.2, -0.15) is 5.10 Å². The summed E-state index contributed by atoms with van der Waals surface area (Å²) in [5, 5.41) is 20.9. The number of aromatic nitrogens is 3. The van der Waals surface area contributed by atoms with Crippen LogP contribution in [0, 0.1) is 12.8 Å². The molecule has 0 spiro atoms. The van der Waals surface area contributed by atoms with E-state index in [4.69, 9.17) is 0 Å². The molecule has 4 rings (SSSR count). The van der Waals surface area contributed by atoms with Gasteiger partial charge in [0.1, 0.15) is 12.2 Å². The molecule has 5 heteroatoms. The third-order valence-corrected chi connectivity index (χ3v) is 5.91. The minimum absolute atomic E-state index is 0.236. The minimum atomic E-state index is -0.236. The largest absolute Gasteiger partial charge is 0.393 e. The maximum Gasteiger partial charge on any atom is 0.137 e. The number of benzene rings is 1. The fraction of sp³-hybridized carbons (Fsp3) is 0.579. The van der Waals surface area contributed by atoms with Gasteiger partial charge in [0.05, 0.1) is 6.10 Å². The zero-order chi connectivity index (χ0) is 16.5. The topological polar surface area (TPSA) is 73.8 Å². The van der Waals surface area contributed by atoms with Crippen LogP contribution in [0.2, 0.25) is 0 Å². The Morgan fingerprint density at radius 2 is 2.00 bits per heavy atom. The first-order valence-corrected chi connectivity index (χ1v) is 9.03. The van der Waals surface area contributed by atoms with Gasteiger partial charge in [0.15, 0.2) is 0 Å². The van der Waals surface area contributed by atoms with Gasteiger partial charge in [0.2, 0.25) is 0 Å². The molecule has 0 aliphatic heterocycles. The first kappa shape index (κ1) is 15.8. The van der Waals surface area contributed by atoms with Crippen molar-refractivity contribution in [2.75, 3.05) is 6.54 Å². The van der Waals surface area contributed by atoms with Gasteiger partial charge in [0, 0.05) is 18.5 Å². The summed E-state index contributed by atoms with van der Waals surface area (Å²) in [5.74, 6) is 2.24. The van der Waals surface area contributed by atoms with Crippen LogP contribution in [-0.2, 0) is 0 Å². The minimum Gasteiger partial charge on any atom is -0.393 e. The molecule has 2 fully saturated rings. The third kappa shape index (κ3) is 3.10. The summed E-state index contributed by atoms with van der Waals surface area (Å²) < 4.78 is 0. The number of rotatable bonds is 5. The first-order valence-electron chi connectivity index (χ1n) is 9.03. The maximum absolute atomic E-state index is 10.3. The second kappa shape index (κ2) is 6.65. The molecule has 1 aromatic carbocycles. The van der Waals surface area contributed by atoms with Crippen LogP contribution in [0.15, 0.2) is 30.6 Å². The number of H-pyrrole nitrogens is 1. The van der Waals surface area contributed by atoms with Gasteiger partial charge in [-0.1, -0.05) is 24.3 Å². The molecule has 1 heterocycles. The van der Waals surface area contributed by atoms with Crippen molar-refractivity contribution in [1.29, 1.82) is 0 Å². The zero-order valence-corrected chi connectivity index (χ0v) is 14.2. The van der Waals surface area contributed by atoms with Gasteiger partial charge in [-0.05, 0) is 55.6 Å². The molecule has 2 aliphatic carbocycles. The Morgan fingerprint density at radius 1 is 1.17 bits per heavy atom. The first-order chi connectivity index (χ1) is 11.7. The highest BCUT2D eigenvalue weighted by Crippen LogP contribution is 2.40. The lowest BCUT2D eigenvalue weighted by Gasteiger charge is -2.38. The molecule has 0 radical (unpaired) electrons. The molecule has 0 saturated heterocycles. The number of aryl methyl sites for hydroxylation is 1. The van der Waals surface area contributed by atoms with Crippen LogP contribution < -0.4 is 5.32 Å². The lowest BCUT2D eigenvalue weighted by Crippen LogP contribution is -2.43. The van der Waals surface area contributed by atoms with E-state index < -0.39 is 0 Å². The van der Waals surface area contributed by atoms with Crippen molar-refractivity contribution in [1.82, 2.24) is 20.5 Å². The van der Waals surface area contributed by atoms with Crippen LogP contribution in [0.25, 0.3) is 0 Å². The smallest absolute Gasteiger partial charge is 0.137 e. The van der Waals surface area contributed by atoms with Crippen LogP contribution in [0.5, 0.6) is 0 Å². The summed E-state index contributed by atoms with van der Waals surface area (Å²) in [6, 6.07) is 9.31. The molecular weight excluding hydrogens is 300 g/mol. The van der Waals surface area contributed by atoms with Crippen LogP contribution in [-0.4, -0.2) is 39.0 Å². The molecule has 0 amide bonds. The summed E-state index contributed by atoms with van der Waals surface area (Å²) in [5.41, 5.74) is 2.91. The molecule has 128 valence electrons. The van der Waals surface area contributed by atoms with Crippen molar-refractivity contribution in [3.63, 3.8) is 0 Å². The van der Waals surface area contributed by atoms with E-state index in [1.54, 1.807) is 6.33 Å². The third-order valence-electron chi connectivity index (χ3n) is 5.91. The predicted molar refractivity (Wildman–Crippen MR) is 92.8 cm³/mol. The lowest BCUT2D eigenvalue weighted by atomic mass is 9.74. The van der Waals surface area contributed by atoms with Crippen molar-refractivity contribution in [2.45, 2.75) is 56.6 Å². The van der Waals surface area contributed by atoms with E-state index in [0.29, 0.717) is 23.8 Å². The van der Waals surface area contributed by atoms with Gasteiger partial charge in [-0.15, -0.1) is 0 Å². The molecular formula is C19H26N4O. The summed E-state index contributed by atoms with van der Waals surface area (Å²) in [4.78, 5) is 4.24. The molecule has 3 N–H and O–H groups in total. The maximum atomic E-state index is 10.3. The second-order valence-electron chi connectivity index (χ2n) is 7.50. The van der Waals surface area contributed by atoms with E-state index in [9.17, 15) is 5.11 Å². The number of aromatic amines is 1. The highest BCUT2D eigenvalue weighted by atomic mass is 16.3. The van der Waals surface area contributed by atoms with Crippen LogP contribution in [0.1, 0.15) is 54.5 Å². The number of nitrogens with zero attached hydrogens (tertiary/aromatic N) is 2. The Kier molecular flexibility index (Phi) is 4.37. The predicted octanol–water partition coefficient (Wildman–Crippen LogP) is 2.50. The van der Waals surface area contributed by atoms with Crippen LogP contribution >= 0.6 is 0 Å². The Bertz CT molecular complexity index is 666. The standard InChI is InChI=1S/C19H26N4O/c1-12-4-2-3-5-17(12)13-7-16(8-13)20-10-15-6-14(9-18(15)24)19-21-11-22-23-19/h2-5,11,13-16,18,20,24H,6-10H2,1H3,(H,21,22,23)/t13?,14-,15+,16?,18+/m1/s1. The van der Waals surface area contributed by atoms with E-state index in [1.807, 2.05) is 0 Å². The Morgan fingerprint density at radius 3 is 2.75 bits per heavy atom. The lowest BCUT2D eigenvalue weighted by molar-refractivity contribution is 0.125. The molecule has 3 atom stereocenters. The molecule has 2 aliphatic rings. The quantitative estimate of drug-likeness (QED) is 0.789.